The molecule has 0 aliphatic carbocycles. The van der Waals surface area contributed by atoms with E-state index in [4.69, 9.17) is 9.97 Å². The van der Waals surface area contributed by atoms with Crippen molar-refractivity contribution in [2.45, 2.75) is 0 Å². The number of nitrogens with zero attached hydrogens (tertiary/aromatic N) is 2. The van der Waals surface area contributed by atoms with Gasteiger partial charge < -0.3 is 29.9 Å². The molecule has 0 spiro atoms. The van der Waals surface area contributed by atoms with Gasteiger partial charge in [0.25, 0.3) is 0 Å². The zero-order valence-electron chi connectivity index (χ0n) is 23.4. The normalized spacial score (nSPS) is 12.4. The van der Waals surface area contributed by atoms with E-state index in [0.717, 1.165) is 89.4 Å². The standard InChI is InChI=1S/C36H26N8/c1-2-26-34(22-10-14-38-18-22)28-5-6-30(43-28)36(24-12-16-40-20-24)32-8-7-31(44-32)35(23-11-15-39-19-23)29-4-3-27(42-29)33(25(1)41-26)21-9-13-37-17-21/h1-20,37-41,44H. The highest BCUT2D eigenvalue weighted by atomic mass is 14.8. The summed E-state index contributed by atoms with van der Waals surface area (Å²) in [4.78, 5) is 30.9. The molecule has 0 aromatic carbocycles. The fraction of sp³-hybridized carbons (Fsp3) is 0. The first-order valence-electron chi connectivity index (χ1n) is 14.5. The molecule has 0 radical (unpaired) electrons. The molecule has 0 unspecified atom stereocenters. The van der Waals surface area contributed by atoms with Crippen molar-refractivity contribution in [3.05, 3.63) is 121 Å². The Labute approximate surface area is 251 Å². The lowest BCUT2D eigenvalue weighted by Gasteiger charge is -2.04. The van der Waals surface area contributed by atoms with E-state index in [1.165, 1.54) is 0 Å². The number of fused-ring (bicyclic) bond motifs is 8. The second kappa shape index (κ2) is 9.64. The summed E-state index contributed by atoms with van der Waals surface area (Å²) >= 11 is 0. The maximum absolute atomic E-state index is 5.25. The number of aromatic nitrogens is 8. The van der Waals surface area contributed by atoms with Gasteiger partial charge in [-0.15, -0.1) is 0 Å². The Morgan fingerprint density at radius 1 is 0.341 bits per heavy atom. The lowest BCUT2D eigenvalue weighted by molar-refractivity contribution is 1.31. The number of rotatable bonds is 4. The van der Waals surface area contributed by atoms with Crippen molar-refractivity contribution in [3.8, 4) is 44.5 Å². The molecule has 7 aromatic rings. The Kier molecular flexibility index (Phi) is 5.33. The summed E-state index contributed by atoms with van der Waals surface area (Å²) in [5, 5.41) is 0. The smallest absolute Gasteiger partial charge is 0.0737 e. The second-order valence-electron chi connectivity index (χ2n) is 10.9. The highest BCUT2D eigenvalue weighted by Crippen LogP contribution is 2.38. The lowest BCUT2D eigenvalue weighted by Crippen LogP contribution is -1.88. The SMILES string of the molecule is C1=Cc2nc1c(-c1cc[nH]c1)c1ccc([nH]1)c(-c1cc[nH]c1)c1nc(c(-c3cc[nH]c3)c3ccc([nH]3)c2-c2cc[nH]c2)C=C1. The average Bonchev–Trinajstić information content (AvgIpc) is 3.90. The molecule has 2 aliphatic heterocycles. The van der Waals surface area contributed by atoms with Crippen LogP contribution < -0.4 is 0 Å². The summed E-state index contributed by atoms with van der Waals surface area (Å²) in [6.07, 6.45) is 24.2. The van der Waals surface area contributed by atoms with Gasteiger partial charge in [0.05, 0.1) is 22.8 Å². The van der Waals surface area contributed by atoms with Crippen LogP contribution in [0.4, 0.5) is 0 Å². The summed E-state index contributed by atoms with van der Waals surface area (Å²) in [7, 11) is 0. The fourth-order valence-electron chi connectivity index (χ4n) is 6.34. The second-order valence-corrected chi connectivity index (χ2v) is 10.9. The van der Waals surface area contributed by atoms with Crippen LogP contribution in [0.25, 0.3) is 90.9 Å². The number of hydrogen-bond acceptors (Lipinski definition) is 2. The van der Waals surface area contributed by atoms with Gasteiger partial charge >= 0.3 is 0 Å². The first-order valence-corrected chi connectivity index (χ1v) is 14.5. The summed E-state index contributed by atoms with van der Waals surface area (Å²) in [5.74, 6) is 0. The van der Waals surface area contributed by atoms with E-state index < -0.39 is 0 Å². The van der Waals surface area contributed by atoms with Gasteiger partial charge in [-0.2, -0.15) is 0 Å². The molecule has 44 heavy (non-hydrogen) atoms. The zero-order valence-corrected chi connectivity index (χ0v) is 23.4. The number of nitrogens with one attached hydrogen (secondary N) is 6. The molecule has 0 saturated carbocycles. The minimum absolute atomic E-state index is 0.886. The van der Waals surface area contributed by atoms with Gasteiger partial charge in [-0.1, -0.05) is 0 Å². The minimum Gasteiger partial charge on any atom is -0.367 e. The van der Waals surface area contributed by atoms with E-state index in [1.807, 2.05) is 49.6 Å². The summed E-state index contributed by atoms with van der Waals surface area (Å²) in [5.41, 5.74) is 15.7. The van der Waals surface area contributed by atoms with Crippen LogP contribution in [0.15, 0.2) is 98.1 Å². The van der Waals surface area contributed by atoms with Crippen molar-refractivity contribution in [3.63, 3.8) is 0 Å². The molecular formula is C36H26N8. The van der Waals surface area contributed by atoms with Crippen LogP contribution in [-0.4, -0.2) is 39.9 Å². The van der Waals surface area contributed by atoms with Crippen molar-refractivity contribution < 1.29 is 0 Å². The van der Waals surface area contributed by atoms with Crippen LogP contribution in [0.1, 0.15) is 22.8 Å². The average molecular weight is 571 g/mol. The Balaban J connectivity index is 1.49. The predicted molar refractivity (Wildman–Crippen MR) is 178 cm³/mol. The topological polar surface area (TPSA) is 121 Å². The molecular weight excluding hydrogens is 544 g/mol. The summed E-state index contributed by atoms with van der Waals surface area (Å²) < 4.78 is 0. The van der Waals surface area contributed by atoms with Crippen LogP contribution in [0.5, 0.6) is 0 Å². The van der Waals surface area contributed by atoms with Crippen molar-refractivity contribution in [1.29, 1.82) is 0 Å². The summed E-state index contributed by atoms with van der Waals surface area (Å²) in [6, 6.07) is 16.8. The third-order valence-electron chi connectivity index (χ3n) is 8.30. The molecule has 0 atom stereocenters. The molecule has 0 fully saturated rings. The van der Waals surface area contributed by atoms with Crippen LogP contribution in [0.3, 0.4) is 0 Å². The minimum atomic E-state index is 0.886. The number of H-pyrrole nitrogens is 6. The highest BCUT2D eigenvalue weighted by molar-refractivity contribution is 5.99. The lowest BCUT2D eigenvalue weighted by atomic mass is 10.1. The van der Waals surface area contributed by atoms with E-state index in [0.29, 0.717) is 0 Å². The molecule has 7 aromatic heterocycles. The van der Waals surface area contributed by atoms with Crippen LogP contribution >= 0.6 is 0 Å². The molecule has 0 saturated heterocycles. The first-order chi connectivity index (χ1) is 21.8. The molecule has 8 nitrogen and oxygen atoms in total. The molecule has 6 N–H and O–H groups in total. The molecule has 9 heterocycles. The Hall–Kier alpha value is -6.28. The summed E-state index contributed by atoms with van der Waals surface area (Å²) in [6.45, 7) is 0. The van der Waals surface area contributed by atoms with Gasteiger partial charge in [-0.25, -0.2) is 9.97 Å². The zero-order chi connectivity index (χ0) is 29.0. The third kappa shape index (κ3) is 3.85. The van der Waals surface area contributed by atoms with E-state index in [9.17, 15) is 0 Å². The number of hydrogen-bond donors (Lipinski definition) is 6. The van der Waals surface area contributed by atoms with Crippen molar-refractivity contribution in [1.82, 2.24) is 39.9 Å². The molecule has 8 heteroatoms. The van der Waals surface area contributed by atoms with Gasteiger partial charge in [0.15, 0.2) is 0 Å². The van der Waals surface area contributed by atoms with Crippen molar-refractivity contribution >= 4 is 46.4 Å². The molecule has 8 bridgehead atoms. The van der Waals surface area contributed by atoms with Crippen LogP contribution in [0.2, 0.25) is 0 Å². The maximum atomic E-state index is 5.25. The van der Waals surface area contributed by atoms with Gasteiger partial charge in [0.2, 0.25) is 0 Å². The van der Waals surface area contributed by atoms with Crippen molar-refractivity contribution in [2.75, 3.05) is 0 Å². The van der Waals surface area contributed by atoms with E-state index in [2.05, 4.69) is 103 Å². The van der Waals surface area contributed by atoms with E-state index >= 15 is 0 Å². The van der Waals surface area contributed by atoms with Gasteiger partial charge in [0.1, 0.15) is 0 Å². The van der Waals surface area contributed by atoms with E-state index in [1.54, 1.807) is 0 Å². The Bertz CT molecular complexity index is 2030. The van der Waals surface area contributed by atoms with Gasteiger partial charge in [0, 0.05) is 116 Å². The number of aromatic amines is 6. The van der Waals surface area contributed by atoms with Gasteiger partial charge in [-0.05, 0) is 72.8 Å². The molecule has 2 aliphatic rings. The first kappa shape index (κ1) is 24.3. The Morgan fingerprint density at radius 2 is 0.614 bits per heavy atom. The maximum Gasteiger partial charge on any atom is 0.0737 e. The molecule has 9 rings (SSSR count). The monoisotopic (exact) mass is 570 g/mol. The fourth-order valence-corrected chi connectivity index (χ4v) is 6.34. The largest absolute Gasteiger partial charge is 0.367 e. The van der Waals surface area contributed by atoms with E-state index in [-0.39, 0.29) is 0 Å². The van der Waals surface area contributed by atoms with Crippen LogP contribution in [0, 0.1) is 0 Å². The van der Waals surface area contributed by atoms with Gasteiger partial charge in [-0.3, -0.25) is 0 Å². The highest BCUT2D eigenvalue weighted by Gasteiger charge is 2.19. The quantitative estimate of drug-likeness (QED) is 0.127. The Morgan fingerprint density at radius 3 is 0.841 bits per heavy atom. The molecule has 0 amide bonds. The van der Waals surface area contributed by atoms with Crippen molar-refractivity contribution in [2.24, 2.45) is 0 Å². The predicted octanol–water partition coefficient (Wildman–Crippen LogP) is 8.64. The third-order valence-corrected chi connectivity index (χ3v) is 8.30. The van der Waals surface area contributed by atoms with Crippen LogP contribution in [-0.2, 0) is 0 Å². The molecule has 210 valence electrons.